The summed E-state index contributed by atoms with van der Waals surface area (Å²) in [5.41, 5.74) is 5.02. The van der Waals surface area contributed by atoms with Crippen LogP contribution in [0, 0.1) is 0 Å². The summed E-state index contributed by atoms with van der Waals surface area (Å²) in [5, 5.41) is 11.5. The van der Waals surface area contributed by atoms with Crippen LogP contribution in [0.1, 0.15) is 13.3 Å². The smallest absolute Gasteiger partial charge is 0.340 e. The van der Waals surface area contributed by atoms with E-state index in [1.54, 1.807) is 31.2 Å². The first-order valence-electron chi connectivity index (χ1n) is 5.05. The molecule has 1 atom stereocenters. The van der Waals surface area contributed by atoms with Crippen LogP contribution in [0.4, 0.5) is 4.79 Å². The van der Waals surface area contributed by atoms with Gasteiger partial charge in [-0.1, -0.05) is 36.9 Å². The minimum absolute atomic E-state index is 0.227. The lowest BCUT2D eigenvalue weighted by Gasteiger charge is -2.27. The van der Waals surface area contributed by atoms with Gasteiger partial charge in [0.25, 0.3) is 0 Å². The number of benzene rings is 1. The maximum atomic E-state index is 11.3. The van der Waals surface area contributed by atoms with Crippen LogP contribution in [0.25, 0.3) is 0 Å². The minimum atomic E-state index is -1.42. The van der Waals surface area contributed by atoms with E-state index in [-0.39, 0.29) is 6.42 Å². The molecule has 0 aliphatic heterocycles. The topological polar surface area (TPSA) is 92.4 Å². The molecule has 0 aliphatic carbocycles. The van der Waals surface area contributed by atoms with Gasteiger partial charge in [-0.3, -0.25) is 0 Å². The number of carboxylic acid groups (broad SMARTS) is 1. The molecule has 0 heterocycles. The molecular weight excluding hydrogens is 240 g/mol. The van der Waals surface area contributed by atoms with E-state index < -0.39 is 16.9 Å². The lowest BCUT2D eigenvalue weighted by molar-refractivity contribution is -0.140. The van der Waals surface area contributed by atoms with Gasteiger partial charge in [-0.05, 0) is 18.6 Å². The summed E-state index contributed by atoms with van der Waals surface area (Å²) in [6.07, 6.45) is 0.227. The number of amides is 2. The van der Waals surface area contributed by atoms with Crippen LogP contribution in [-0.4, -0.2) is 22.0 Å². The number of hydrogen-bond acceptors (Lipinski definition) is 3. The highest BCUT2D eigenvalue weighted by Gasteiger charge is 2.39. The van der Waals surface area contributed by atoms with Gasteiger partial charge in [0, 0.05) is 4.90 Å². The Morgan fingerprint density at radius 1 is 1.41 bits per heavy atom. The molecule has 5 nitrogen and oxygen atoms in total. The lowest BCUT2D eigenvalue weighted by atomic mass is 10.2. The van der Waals surface area contributed by atoms with Gasteiger partial charge in [0.1, 0.15) is 0 Å². The number of hydrogen-bond donors (Lipinski definition) is 3. The first-order valence-corrected chi connectivity index (χ1v) is 5.87. The first kappa shape index (κ1) is 13.4. The zero-order chi connectivity index (χ0) is 12.9. The van der Waals surface area contributed by atoms with Crippen molar-refractivity contribution in [3.63, 3.8) is 0 Å². The third kappa shape index (κ3) is 3.39. The lowest BCUT2D eigenvalue weighted by Crippen LogP contribution is -2.53. The van der Waals surface area contributed by atoms with E-state index in [9.17, 15) is 14.7 Å². The van der Waals surface area contributed by atoms with Crippen molar-refractivity contribution in [1.29, 1.82) is 0 Å². The number of nitrogens with one attached hydrogen (secondary N) is 1. The van der Waals surface area contributed by atoms with Gasteiger partial charge >= 0.3 is 12.0 Å². The molecule has 0 radical (unpaired) electrons. The Hall–Kier alpha value is -1.69. The molecule has 4 N–H and O–H groups in total. The van der Waals surface area contributed by atoms with Crippen LogP contribution in [0.3, 0.4) is 0 Å². The number of aliphatic carboxylic acids is 1. The van der Waals surface area contributed by atoms with Crippen LogP contribution >= 0.6 is 11.8 Å². The first-order chi connectivity index (χ1) is 8.00. The quantitative estimate of drug-likeness (QED) is 0.550. The van der Waals surface area contributed by atoms with Crippen LogP contribution in [0.2, 0.25) is 0 Å². The molecule has 1 aromatic carbocycles. The van der Waals surface area contributed by atoms with Crippen molar-refractivity contribution in [2.24, 2.45) is 5.73 Å². The number of urea groups is 1. The zero-order valence-electron chi connectivity index (χ0n) is 9.34. The number of carbonyl (C=O) groups excluding carboxylic acids is 1. The van der Waals surface area contributed by atoms with E-state index >= 15 is 0 Å². The Bertz CT molecular complexity index is 410. The maximum absolute atomic E-state index is 11.3. The summed E-state index contributed by atoms with van der Waals surface area (Å²) >= 11 is 1.06. The van der Waals surface area contributed by atoms with Gasteiger partial charge in [0.2, 0.25) is 0 Å². The Morgan fingerprint density at radius 3 is 2.41 bits per heavy atom. The summed E-state index contributed by atoms with van der Waals surface area (Å²) in [6, 6.07) is 8.14. The fraction of sp³-hybridized carbons (Fsp3) is 0.273. The van der Waals surface area contributed by atoms with Crippen molar-refractivity contribution in [1.82, 2.24) is 5.32 Å². The highest BCUT2D eigenvalue weighted by atomic mass is 32.2. The van der Waals surface area contributed by atoms with Crippen LogP contribution < -0.4 is 11.1 Å². The third-order valence-electron chi connectivity index (χ3n) is 2.20. The summed E-state index contributed by atoms with van der Waals surface area (Å²) in [7, 11) is 0. The Balaban J connectivity index is 2.98. The highest BCUT2D eigenvalue weighted by Crippen LogP contribution is 2.33. The molecule has 6 heteroatoms. The maximum Gasteiger partial charge on any atom is 0.340 e. The van der Waals surface area contributed by atoms with Gasteiger partial charge in [-0.15, -0.1) is 0 Å². The Kier molecular flexibility index (Phi) is 4.39. The highest BCUT2D eigenvalue weighted by molar-refractivity contribution is 8.01. The normalized spacial score (nSPS) is 13.7. The molecule has 0 saturated carbocycles. The van der Waals surface area contributed by atoms with Crippen LogP contribution in [0.5, 0.6) is 0 Å². The Labute approximate surface area is 103 Å². The van der Waals surface area contributed by atoms with Gasteiger partial charge in [-0.25, -0.2) is 9.59 Å². The van der Waals surface area contributed by atoms with Crippen molar-refractivity contribution < 1.29 is 14.7 Å². The molecule has 92 valence electrons. The van der Waals surface area contributed by atoms with Crippen molar-refractivity contribution in [2.75, 3.05) is 0 Å². The molecule has 0 saturated heterocycles. The van der Waals surface area contributed by atoms with Crippen molar-refractivity contribution in [3.8, 4) is 0 Å². The van der Waals surface area contributed by atoms with Gasteiger partial charge in [0.05, 0.1) is 0 Å². The molecule has 1 unspecified atom stereocenters. The van der Waals surface area contributed by atoms with Crippen LogP contribution in [-0.2, 0) is 4.79 Å². The predicted molar refractivity (Wildman–Crippen MR) is 65.7 cm³/mol. The third-order valence-corrected chi connectivity index (χ3v) is 3.63. The second-order valence-corrected chi connectivity index (χ2v) is 4.76. The predicted octanol–water partition coefficient (Wildman–Crippen LogP) is 1.64. The average Bonchev–Trinajstić information content (AvgIpc) is 2.28. The molecule has 0 fully saturated rings. The molecule has 2 amide bonds. The van der Waals surface area contributed by atoms with Crippen molar-refractivity contribution >= 4 is 23.8 Å². The molecule has 1 aromatic rings. The number of primary amides is 1. The molecule has 0 aromatic heterocycles. The summed E-state index contributed by atoms with van der Waals surface area (Å²) in [4.78, 5) is 21.5. The van der Waals surface area contributed by atoms with E-state index in [4.69, 9.17) is 5.73 Å². The second-order valence-electron chi connectivity index (χ2n) is 3.39. The van der Waals surface area contributed by atoms with Crippen molar-refractivity contribution in [3.05, 3.63) is 30.3 Å². The fourth-order valence-corrected chi connectivity index (χ4v) is 2.40. The number of carboxylic acids is 1. The molecule has 0 spiro atoms. The monoisotopic (exact) mass is 254 g/mol. The number of thioether (sulfide) groups is 1. The minimum Gasteiger partial charge on any atom is -0.479 e. The average molecular weight is 254 g/mol. The molecule has 0 aliphatic rings. The van der Waals surface area contributed by atoms with E-state index in [1.165, 1.54) is 0 Å². The van der Waals surface area contributed by atoms with E-state index in [0.29, 0.717) is 0 Å². The van der Waals surface area contributed by atoms with E-state index in [0.717, 1.165) is 16.7 Å². The summed E-state index contributed by atoms with van der Waals surface area (Å²) < 4.78 is 0. The molecule has 0 bridgehead atoms. The van der Waals surface area contributed by atoms with Gasteiger partial charge < -0.3 is 16.2 Å². The largest absolute Gasteiger partial charge is 0.479 e. The van der Waals surface area contributed by atoms with Gasteiger partial charge in [0.15, 0.2) is 4.87 Å². The van der Waals surface area contributed by atoms with E-state index in [1.807, 2.05) is 6.07 Å². The molecular formula is C11H14N2O3S. The zero-order valence-corrected chi connectivity index (χ0v) is 10.2. The SMILES string of the molecule is CCC(NC(N)=O)(Sc1ccccc1)C(=O)O. The standard InChI is InChI=1S/C11H14N2O3S/c1-2-11(9(14)15,13-10(12)16)17-8-6-4-3-5-7-8/h3-7H,2H2,1H3,(H,14,15)(H3,12,13,16). The number of rotatable bonds is 5. The summed E-state index contributed by atoms with van der Waals surface area (Å²) in [5.74, 6) is -1.12. The fourth-order valence-electron chi connectivity index (χ4n) is 1.32. The van der Waals surface area contributed by atoms with Crippen molar-refractivity contribution in [2.45, 2.75) is 23.1 Å². The summed E-state index contributed by atoms with van der Waals surface area (Å²) in [6.45, 7) is 1.68. The second kappa shape index (κ2) is 5.58. The number of carbonyl (C=O) groups is 2. The van der Waals surface area contributed by atoms with E-state index in [2.05, 4.69) is 5.32 Å². The van der Waals surface area contributed by atoms with Gasteiger partial charge in [-0.2, -0.15) is 0 Å². The Morgan fingerprint density at radius 2 is 2.00 bits per heavy atom. The van der Waals surface area contributed by atoms with Crippen LogP contribution in [0.15, 0.2) is 35.2 Å². The molecule has 17 heavy (non-hydrogen) atoms. The molecule has 1 rings (SSSR count). The number of nitrogens with two attached hydrogens (primary N) is 1.